The summed E-state index contributed by atoms with van der Waals surface area (Å²) in [5.74, 6) is 1.50. The number of fused-ring (bicyclic) bond motifs is 2. The Morgan fingerprint density at radius 3 is 2.83 bits per heavy atom. The number of anilines is 1. The van der Waals surface area contributed by atoms with Crippen molar-refractivity contribution in [3.8, 4) is 11.3 Å². The van der Waals surface area contributed by atoms with E-state index in [1.165, 1.54) is 18.6 Å². The third-order valence-electron chi connectivity index (χ3n) is 5.64. The van der Waals surface area contributed by atoms with E-state index in [1.807, 2.05) is 17.5 Å². The molecule has 0 aliphatic heterocycles. The maximum atomic E-state index is 6.09. The number of nitrogens with zero attached hydrogens (tertiary/aromatic N) is 2. The van der Waals surface area contributed by atoms with Gasteiger partial charge < -0.3 is 0 Å². The second-order valence-electron chi connectivity index (χ2n) is 7.23. The lowest BCUT2D eigenvalue weighted by molar-refractivity contribution is 0.00145. The molecule has 0 amide bonds. The van der Waals surface area contributed by atoms with Crippen molar-refractivity contribution in [2.75, 3.05) is 5.43 Å². The van der Waals surface area contributed by atoms with Gasteiger partial charge in [-0.3, -0.25) is 5.43 Å². The molecular weight excluding hydrogens is 361 g/mol. The van der Waals surface area contributed by atoms with Crippen molar-refractivity contribution in [1.29, 1.82) is 0 Å². The zero-order chi connectivity index (χ0) is 16.9. The Morgan fingerprint density at radius 2 is 2.12 bits per heavy atom. The summed E-state index contributed by atoms with van der Waals surface area (Å²) in [5.41, 5.74) is 6.71. The minimum Gasteiger partial charge on any atom is -0.253 e. The van der Waals surface area contributed by atoms with Crippen LogP contribution in [0.2, 0.25) is 10.0 Å². The monoisotopic (exact) mass is 379 g/mol. The van der Waals surface area contributed by atoms with Crippen LogP contribution in [0.5, 0.6) is 0 Å². The highest BCUT2D eigenvalue weighted by atomic mass is 35.5. The van der Waals surface area contributed by atoms with Crippen LogP contribution in [0.15, 0.2) is 28.7 Å². The summed E-state index contributed by atoms with van der Waals surface area (Å²) in [4.78, 5) is 4.61. The summed E-state index contributed by atoms with van der Waals surface area (Å²) in [5, 5.41) is 8.59. The summed E-state index contributed by atoms with van der Waals surface area (Å²) in [7, 11) is 0. The Hall–Kier alpha value is -1.10. The highest BCUT2D eigenvalue weighted by Crippen LogP contribution is 2.57. The van der Waals surface area contributed by atoms with Crippen molar-refractivity contribution in [2.24, 2.45) is 22.4 Å². The highest BCUT2D eigenvalue weighted by molar-refractivity contribution is 7.14. The van der Waals surface area contributed by atoms with Crippen molar-refractivity contribution in [1.82, 2.24) is 4.98 Å². The Balaban J connectivity index is 1.49. The molecule has 3 saturated carbocycles. The molecule has 2 bridgehead atoms. The SMILES string of the molecule is CC1(C)C2CCC(=NNc3nc(-c4ccc(Cl)c(Cl)c4)cs3)C1C2. The van der Waals surface area contributed by atoms with E-state index < -0.39 is 0 Å². The first kappa shape index (κ1) is 16.4. The maximum Gasteiger partial charge on any atom is 0.203 e. The van der Waals surface area contributed by atoms with Crippen LogP contribution in [0.3, 0.4) is 0 Å². The molecule has 1 aromatic carbocycles. The normalized spacial score (nSPS) is 26.2. The van der Waals surface area contributed by atoms with Gasteiger partial charge in [0.1, 0.15) is 0 Å². The zero-order valence-electron chi connectivity index (χ0n) is 13.6. The summed E-state index contributed by atoms with van der Waals surface area (Å²) < 4.78 is 0. The van der Waals surface area contributed by atoms with Crippen LogP contribution in [0, 0.1) is 17.3 Å². The molecule has 126 valence electrons. The molecule has 5 rings (SSSR count). The fraction of sp³-hybridized carbons (Fsp3) is 0.444. The fourth-order valence-corrected chi connectivity index (χ4v) is 4.89. The summed E-state index contributed by atoms with van der Waals surface area (Å²) in [6, 6.07) is 5.56. The highest BCUT2D eigenvalue weighted by Gasteiger charge is 2.53. The van der Waals surface area contributed by atoms with Crippen LogP contribution in [-0.4, -0.2) is 10.7 Å². The van der Waals surface area contributed by atoms with Crippen molar-refractivity contribution < 1.29 is 0 Å². The van der Waals surface area contributed by atoms with Gasteiger partial charge in [-0.25, -0.2) is 4.98 Å². The van der Waals surface area contributed by atoms with Gasteiger partial charge in [-0.2, -0.15) is 5.10 Å². The standard InChI is InChI=1S/C18H19Cl2N3S/c1-18(2)11-4-6-15(12(18)8-11)22-23-17-21-16(9-24-17)10-3-5-13(19)14(20)7-10/h3,5,7,9,11-12H,4,6,8H2,1-2H3,(H,21,23). The molecule has 2 unspecified atom stereocenters. The van der Waals surface area contributed by atoms with Gasteiger partial charge in [-0.05, 0) is 42.7 Å². The van der Waals surface area contributed by atoms with E-state index in [2.05, 4.69) is 29.4 Å². The van der Waals surface area contributed by atoms with Gasteiger partial charge in [0.15, 0.2) is 0 Å². The molecule has 2 aromatic rings. The molecule has 3 nitrogen and oxygen atoms in total. The van der Waals surface area contributed by atoms with Gasteiger partial charge in [0.2, 0.25) is 5.13 Å². The van der Waals surface area contributed by atoms with E-state index in [9.17, 15) is 0 Å². The first-order valence-corrected chi connectivity index (χ1v) is 9.82. The predicted octanol–water partition coefficient (Wildman–Crippen LogP) is 6.34. The molecule has 3 aliphatic rings. The number of hydrazone groups is 1. The topological polar surface area (TPSA) is 37.3 Å². The number of aromatic nitrogens is 1. The lowest BCUT2D eigenvalue weighted by atomic mass is 9.48. The molecular formula is C18H19Cl2N3S. The zero-order valence-corrected chi connectivity index (χ0v) is 16.0. The van der Waals surface area contributed by atoms with Crippen molar-refractivity contribution in [3.05, 3.63) is 33.6 Å². The smallest absolute Gasteiger partial charge is 0.203 e. The number of benzene rings is 1. The van der Waals surface area contributed by atoms with Crippen LogP contribution < -0.4 is 5.43 Å². The molecule has 1 N–H and O–H groups in total. The minimum atomic E-state index is 0.410. The lowest BCUT2D eigenvalue weighted by Gasteiger charge is -2.56. The number of hydrogen-bond donors (Lipinski definition) is 1. The fourth-order valence-electron chi connectivity index (χ4n) is 3.93. The number of halogens is 2. The lowest BCUT2D eigenvalue weighted by Crippen LogP contribution is -2.52. The van der Waals surface area contributed by atoms with Crippen molar-refractivity contribution in [3.63, 3.8) is 0 Å². The second-order valence-corrected chi connectivity index (χ2v) is 8.90. The Bertz CT molecular complexity index is 810. The first-order chi connectivity index (χ1) is 11.4. The molecule has 0 spiro atoms. The maximum absolute atomic E-state index is 6.09. The molecule has 0 saturated heterocycles. The van der Waals surface area contributed by atoms with Gasteiger partial charge in [-0.15, -0.1) is 11.3 Å². The molecule has 0 radical (unpaired) electrons. The van der Waals surface area contributed by atoms with E-state index in [4.69, 9.17) is 23.2 Å². The van der Waals surface area contributed by atoms with Gasteiger partial charge in [0.05, 0.1) is 15.7 Å². The van der Waals surface area contributed by atoms with E-state index >= 15 is 0 Å². The van der Waals surface area contributed by atoms with E-state index in [0.29, 0.717) is 21.4 Å². The molecule has 1 heterocycles. The number of nitrogens with one attached hydrogen (secondary N) is 1. The molecule has 3 aliphatic carbocycles. The van der Waals surface area contributed by atoms with Crippen molar-refractivity contribution in [2.45, 2.75) is 33.1 Å². The molecule has 1 aromatic heterocycles. The summed E-state index contributed by atoms with van der Waals surface area (Å²) >= 11 is 13.6. The average Bonchev–Trinajstić information content (AvgIpc) is 3.04. The molecule has 6 heteroatoms. The van der Waals surface area contributed by atoms with E-state index in [-0.39, 0.29) is 0 Å². The van der Waals surface area contributed by atoms with Crippen LogP contribution >= 0.6 is 34.5 Å². The van der Waals surface area contributed by atoms with Crippen LogP contribution in [0.4, 0.5) is 5.13 Å². The van der Waals surface area contributed by atoms with Gasteiger partial charge >= 0.3 is 0 Å². The Kier molecular flexibility index (Phi) is 4.10. The third kappa shape index (κ3) is 2.75. The number of thiazole rings is 1. The van der Waals surface area contributed by atoms with Crippen LogP contribution in [0.25, 0.3) is 11.3 Å². The molecule has 2 atom stereocenters. The second kappa shape index (κ2) is 6.01. The largest absolute Gasteiger partial charge is 0.253 e. The summed E-state index contributed by atoms with van der Waals surface area (Å²) in [6.07, 6.45) is 3.66. The minimum absolute atomic E-state index is 0.410. The summed E-state index contributed by atoms with van der Waals surface area (Å²) in [6.45, 7) is 4.73. The molecule has 24 heavy (non-hydrogen) atoms. The number of rotatable bonds is 3. The van der Waals surface area contributed by atoms with Gasteiger partial charge in [-0.1, -0.05) is 43.1 Å². The average molecular weight is 380 g/mol. The number of hydrogen-bond acceptors (Lipinski definition) is 4. The molecule has 3 fully saturated rings. The predicted molar refractivity (Wildman–Crippen MR) is 103 cm³/mol. The Morgan fingerprint density at radius 1 is 1.29 bits per heavy atom. The van der Waals surface area contributed by atoms with Crippen LogP contribution in [0.1, 0.15) is 33.1 Å². The van der Waals surface area contributed by atoms with Crippen molar-refractivity contribution >= 4 is 45.4 Å². The van der Waals surface area contributed by atoms with Crippen LogP contribution in [-0.2, 0) is 0 Å². The third-order valence-corrected chi connectivity index (χ3v) is 7.12. The Labute approximate surface area is 156 Å². The van der Waals surface area contributed by atoms with E-state index in [0.717, 1.165) is 28.7 Å². The quantitative estimate of drug-likeness (QED) is 0.631. The van der Waals surface area contributed by atoms with Gasteiger partial charge in [0, 0.05) is 22.6 Å². The van der Waals surface area contributed by atoms with E-state index in [1.54, 1.807) is 17.4 Å². The first-order valence-electron chi connectivity index (χ1n) is 8.18. The van der Waals surface area contributed by atoms with Gasteiger partial charge in [0.25, 0.3) is 0 Å².